The van der Waals surface area contributed by atoms with Gasteiger partial charge in [0.05, 0.1) is 13.7 Å². The molecule has 8 heteroatoms. The lowest BCUT2D eigenvalue weighted by atomic mass is 10.0. The average molecular weight is 369 g/mol. The molecule has 0 fully saturated rings. The molecule has 0 aliphatic carbocycles. The van der Waals surface area contributed by atoms with Crippen LogP contribution in [0, 0.1) is 18.2 Å². The third-order valence-corrected chi connectivity index (χ3v) is 3.86. The number of aliphatic carboxylic acids is 1. The molecule has 27 heavy (non-hydrogen) atoms. The number of methoxy groups -OCH3 is 1. The van der Waals surface area contributed by atoms with Crippen LogP contribution in [0.25, 0.3) is 27.2 Å². The molecule has 0 saturated carbocycles. The molecule has 2 aromatic carbocycles. The molecule has 136 valence electrons. The maximum Gasteiger partial charge on any atom is 0.325 e. The number of ether oxygens (including phenoxy) is 1. The van der Waals surface area contributed by atoms with E-state index in [-0.39, 0.29) is 17.1 Å². The van der Waals surface area contributed by atoms with Gasteiger partial charge in [-0.05, 0) is 23.8 Å². The molecular weight excluding hydrogens is 356 g/mol. The molecule has 0 bridgehead atoms. The van der Waals surface area contributed by atoms with Gasteiger partial charge in [-0.3, -0.25) is 9.48 Å². The van der Waals surface area contributed by atoms with Gasteiger partial charge < -0.3 is 9.84 Å². The second-order valence-corrected chi connectivity index (χ2v) is 5.61. The zero-order chi connectivity index (χ0) is 19.6. The first-order valence-electron chi connectivity index (χ1n) is 7.73. The van der Waals surface area contributed by atoms with Gasteiger partial charge in [-0.2, -0.15) is 5.10 Å². The fourth-order valence-electron chi connectivity index (χ4n) is 2.64. The fourth-order valence-corrected chi connectivity index (χ4v) is 2.64. The van der Waals surface area contributed by atoms with E-state index in [4.69, 9.17) is 16.4 Å². The topological polar surface area (TPSA) is 68.7 Å². The quantitative estimate of drug-likeness (QED) is 0.687. The molecule has 0 radical (unpaired) electrons. The number of benzene rings is 2. The first-order chi connectivity index (χ1) is 12.9. The minimum Gasteiger partial charge on any atom is -0.494 e. The first-order valence-corrected chi connectivity index (χ1v) is 7.73. The number of hydrogen-bond acceptors (Lipinski definition) is 3. The Morgan fingerprint density at radius 1 is 1.22 bits per heavy atom. The lowest BCUT2D eigenvalue weighted by Crippen LogP contribution is -2.08. The van der Waals surface area contributed by atoms with Crippen LogP contribution in [0.4, 0.5) is 14.5 Å². The largest absolute Gasteiger partial charge is 0.494 e. The Bertz CT molecular complexity index is 1070. The molecule has 0 amide bonds. The molecule has 6 nitrogen and oxygen atoms in total. The van der Waals surface area contributed by atoms with Crippen LogP contribution in [-0.4, -0.2) is 28.0 Å². The van der Waals surface area contributed by atoms with Crippen molar-refractivity contribution in [3.63, 3.8) is 0 Å². The molecule has 0 spiro atoms. The highest BCUT2D eigenvalue weighted by Gasteiger charge is 2.17. The Balaban J connectivity index is 2.16. The van der Waals surface area contributed by atoms with E-state index in [1.54, 1.807) is 6.07 Å². The van der Waals surface area contributed by atoms with Crippen LogP contribution in [0.15, 0.2) is 42.6 Å². The lowest BCUT2D eigenvalue weighted by Gasteiger charge is -2.06. The molecule has 0 aliphatic rings. The summed E-state index contributed by atoms with van der Waals surface area (Å²) in [6.45, 7) is 6.52. The lowest BCUT2D eigenvalue weighted by molar-refractivity contribution is -0.137. The van der Waals surface area contributed by atoms with E-state index >= 15 is 0 Å². The summed E-state index contributed by atoms with van der Waals surface area (Å²) < 4.78 is 34.2. The zero-order valence-electron chi connectivity index (χ0n) is 14.1. The van der Waals surface area contributed by atoms with Crippen LogP contribution >= 0.6 is 0 Å². The second kappa shape index (κ2) is 7.25. The summed E-state index contributed by atoms with van der Waals surface area (Å²) >= 11 is 0. The smallest absolute Gasteiger partial charge is 0.325 e. The summed E-state index contributed by atoms with van der Waals surface area (Å²) in [6.07, 6.45) is 1.45. The van der Waals surface area contributed by atoms with Crippen molar-refractivity contribution in [3.05, 3.63) is 65.6 Å². The number of hydrogen-bond donors (Lipinski definition) is 1. The molecule has 1 aromatic heterocycles. The predicted molar refractivity (Wildman–Crippen MR) is 93.5 cm³/mol. The number of carboxylic acids is 1. The minimum absolute atomic E-state index is 0.0608. The highest BCUT2D eigenvalue weighted by Crippen LogP contribution is 2.34. The highest BCUT2D eigenvalue weighted by molar-refractivity contribution is 5.81. The minimum atomic E-state index is -1.11. The summed E-state index contributed by atoms with van der Waals surface area (Å²) in [6, 6.07) is 8.22. The third-order valence-electron chi connectivity index (χ3n) is 3.86. The number of rotatable bonds is 5. The standard InChI is InChI=1S/C19H13F2N3O3/c1-22-16-5-3-12(8-14(16)20)19-13(9-24(23-19)10-18(25)26)11-4-6-17(27-2)15(21)7-11/h3-9H,10H2,2H3,(H,25,26). The number of carbonyl (C=O) groups is 1. The Hall–Kier alpha value is -3.73. The van der Waals surface area contributed by atoms with Crippen molar-refractivity contribution in [2.24, 2.45) is 0 Å². The van der Waals surface area contributed by atoms with Crippen LogP contribution in [0.3, 0.4) is 0 Å². The van der Waals surface area contributed by atoms with E-state index in [2.05, 4.69) is 9.94 Å². The van der Waals surface area contributed by atoms with Gasteiger partial charge in [0, 0.05) is 17.3 Å². The highest BCUT2D eigenvalue weighted by atomic mass is 19.1. The predicted octanol–water partition coefficient (Wildman–Crippen LogP) is 4.14. The van der Waals surface area contributed by atoms with Gasteiger partial charge in [-0.25, -0.2) is 13.6 Å². The molecule has 1 heterocycles. The van der Waals surface area contributed by atoms with E-state index in [1.165, 1.54) is 42.3 Å². The number of halogens is 2. The van der Waals surface area contributed by atoms with Crippen molar-refractivity contribution >= 4 is 11.7 Å². The van der Waals surface area contributed by atoms with Crippen LogP contribution in [-0.2, 0) is 11.3 Å². The number of aromatic nitrogens is 2. The van der Waals surface area contributed by atoms with Crippen LogP contribution in [0.1, 0.15) is 0 Å². The van der Waals surface area contributed by atoms with Crippen molar-refractivity contribution in [2.75, 3.05) is 7.11 Å². The van der Waals surface area contributed by atoms with E-state index in [0.717, 1.165) is 6.07 Å². The summed E-state index contributed by atoms with van der Waals surface area (Å²) in [4.78, 5) is 14.1. The van der Waals surface area contributed by atoms with Crippen LogP contribution in [0.5, 0.6) is 5.75 Å². The number of nitrogens with zero attached hydrogens (tertiary/aromatic N) is 3. The van der Waals surface area contributed by atoms with Gasteiger partial charge in [0.2, 0.25) is 5.69 Å². The van der Waals surface area contributed by atoms with Crippen LogP contribution < -0.4 is 4.74 Å². The van der Waals surface area contributed by atoms with Gasteiger partial charge in [-0.1, -0.05) is 18.2 Å². The van der Waals surface area contributed by atoms with Crippen LogP contribution in [0.2, 0.25) is 0 Å². The molecule has 3 aromatic rings. The first kappa shape index (κ1) is 18.1. The Kier molecular flexibility index (Phi) is 4.86. The maximum absolute atomic E-state index is 14.1. The van der Waals surface area contributed by atoms with E-state index in [9.17, 15) is 13.6 Å². The normalized spacial score (nSPS) is 10.4. The molecule has 3 rings (SSSR count). The molecule has 1 N–H and O–H groups in total. The van der Waals surface area contributed by atoms with E-state index < -0.39 is 24.1 Å². The summed E-state index contributed by atoms with van der Waals surface area (Å²) in [5.74, 6) is -2.36. The Morgan fingerprint density at radius 3 is 2.52 bits per heavy atom. The Morgan fingerprint density at radius 2 is 1.93 bits per heavy atom. The van der Waals surface area contributed by atoms with Crippen molar-refractivity contribution in [3.8, 4) is 28.1 Å². The van der Waals surface area contributed by atoms with Gasteiger partial charge in [0.1, 0.15) is 18.1 Å². The summed E-state index contributed by atoms with van der Waals surface area (Å²) in [5, 5.41) is 13.2. The number of carboxylic acid groups (broad SMARTS) is 1. The van der Waals surface area contributed by atoms with Crippen molar-refractivity contribution in [1.29, 1.82) is 0 Å². The van der Waals surface area contributed by atoms with E-state index in [1.807, 2.05) is 0 Å². The molecular formula is C19H13F2N3O3. The fraction of sp³-hybridized carbons (Fsp3) is 0.105. The molecule has 0 atom stereocenters. The third kappa shape index (κ3) is 3.62. The van der Waals surface area contributed by atoms with Gasteiger partial charge in [0.15, 0.2) is 11.6 Å². The van der Waals surface area contributed by atoms with Gasteiger partial charge >= 0.3 is 5.97 Å². The van der Waals surface area contributed by atoms with Gasteiger partial charge in [0.25, 0.3) is 0 Å². The van der Waals surface area contributed by atoms with Crippen molar-refractivity contribution in [1.82, 2.24) is 9.78 Å². The second-order valence-electron chi connectivity index (χ2n) is 5.61. The van der Waals surface area contributed by atoms with Crippen molar-refractivity contribution in [2.45, 2.75) is 6.54 Å². The summed E-state index contributed by atoms with van der Waals surface area (Å²) in [7, 11) is 1.34. The molecule has 0 aliphatic heterocycles. The van der Waals surface area contributed by atoms with E-state index in [0.29, 0.717) is 16.7 Å². The summed E-state index contributed by atoms with van der Waals surface area (Å²) in [5.41, 5.74) is 1.33. The zero-order valence-corrected chi connectivity index (χ0v) is 14.1. The van der Waals surface area contributed by atoms with Crippen molar-refractivity contribution < 1.29 is 23.4 Å². The SMILES string of the molecule is [C-]#[N+]c1ccc(-c2nn(CC(=O)O)cc2-c2ccc(OC)c(F)c2)cc1F. The molecule has 0 unspecified atom stereocenters. The monoisotopic (exact) mass is 369 g/mol. The average Bonchev–Trinajstić information content (AvgIpc) is 3.04. The van der Waals surface area contributed by atoms with Gasteiger partial charge in [-0.15, -0.1) is 0 Å². The maximum atomic E-state index is 14.1. The molecule has 0 saturated heterocycles. The Labute approximate surface area is 153 Å².